The zero-order chi connectivity index (χ0) is 12.1. The summed E-state index contributed by atoms with van der Waals surface area (Å²) in [5.74, 6) is 0.149. The van der Waals surface area contributed by atoms with Crippen LogP contribution in [0, 0.1) is 0 Å². The van der Waals surface area contributed by atoms with E-state index in [9.17, 15) is 5.11 Å². The van der Waals surface area contributed by atoms with Crippen molar-refractivity contribution in [1.82, 2.24) is 10.3 Å². The lowest BCUT2D eigenvalue weighted by Crippen LogP contribution is -2.12. The fraction of sp³-hybridized carbons (Fsp3) is 0.154. The van der Waals surface area contributed by atoms with Crippen molar-refractivity contribution < 1.29 is 5.11 Å². The van der Waals surface area contributed by atoms with Gasteiger partial charge in [0.1, 0.15) is 5.75 Å². The Hall–Kier alpha value is -1.58. The zero-order valence-corrected chi connectivity index (χ0v) is 9.98. The first-order valence-corrected chi connectivity index (χ1v) is 5.71. The van der Waals surface area contributed by atoms with Crippen molar-refractivity contribution >= 4 is 11.6 Å². The molecule has 17 heavy (non-hydrogen) atoms. The highest BCUT2D eigenvalue weighted by Gasteiger charge is 2.04. The molecule has 1 aromatic carbocycles. The molecule has 0 amide bonds. The summed E-state index contributed by atoms with van der Waals surface area (Å²) in [5, 5.41) is 13.3. The number of phenolic OH excluding ortho intramolecular Hbond substituents is 1. The number of benzene rings is 1. The number of pyridine rings is 1. The molecule has 0 fully saturated rings. The molecule has 0 radical (unpaired) electrons. The van der Waals surface area contributed by atoms with Crippen LogP contribution in [0.1, 0.15) is 11.1 Å². The number of aromatic nitrogens is 1. The Kier molecular flexibility index (Phi) is 3.96. The number of rotatable bonds is 4. The van der Waals surface area contributed by atoms with Gasteiger partial charge in [-0.1, -0.05) is 23.7 Å². The average Bonchev–Trinajstić information content (AvgIpc) is 2.36. The van der Waals surface area contributed by atoms with E-state index in [0.29, 0.717) is 11.6 Å². The highest BCUT2D eigenvalue weighted by molar-refractivity contribution is 6.32. The number of para-hydroxylation sites is 1. The van der Waals surface area contributed by atoms with Crippen LogP contribution in [0.25, 0.3) is 0 Å². The fourth-order valence-electron chi connectivity index (χ4n) is 1.54. The van der Waals surface area contributed by atoms with Crippen LogP contribution in [0.2, 0.25) is 5.02 Å². The van der Waals surface area contributed by atoms with E-state index in [1.165, 1.54) is 0 Å². The average molecular weight is 249 g/mol. The van der Waals surface area contributed by atoms with E-state index >= 15 is 0 Å². The van der Waals surface area contributed by atoms with Crippen LogP contribution in [0.3, 0.4) is 0 Å². The minimum Gasteiger partial charge on any atom is -0.506 e. The maximum Gasteiger partial charge on any atom is 0.138 e. The normalized spacial score (nSPS) is 10.4. The molecule has 2 N–H and O–H groups in total. The van der Waals surface area contributed by atoms with E-state index < -0.39 is 0 Å². The largest absolute Gasteiger partial charge is 0.506 e. The van der Waals surface area contributed by atoms with Gasteiger partial charge in [-0.25, -0.2) is 0 Å². The molecule has 4 heteroatoms. The molecule has 1 aromatic heterocycles. The SMILES string of the molecule is Oc1c(Cl)cccc1CNCc1ccncc1. The van der Waals surface area contributed by atoms with E-state index in [1.807, 2.05) is 24.3 Å². The zero-order valence-electron chi connectivity index (χ0n) is 9.23. The second-order valence-corrected chi connectivity index (χ2v) is 4.11. The van der Waals surface area contributed by atoms with Gasteiger partial charge in [-0.15, -0.1) is 0 Å². The van der Waals surface area contributed by atoms with Crippen LogP contribution < -0.4 is 5.32 Å². The molecule has 0 saturated heterocycles. The molecule has 2 rings (SSSR count). The number of nitrogens with zero attached hydrogens (tertiary/aromatic N) is 1. The Morgan fingerprint density at radius 1 is 1.12 bits per heavy atom. The Bertz CT molecular complexity index is 488. The molecule has 0 unspecified atom stereocenters. The summed E-state index contributed by atoms with van der Waals surface area (Å²) in [5.41, 5.74) is 1.95. The maximum absolute atomic E-state index is 9.71. The van der Waals surface area contributed by atoms with Crippen molar-refractivity contribution in [2.24, 2.45) is 0 Å². The molecule has 0 atom stereocenters. The third kappa shape index (κ3) is 3.19. The molecule has 0 spiro atoms. The second kappa shape index (κ2) is 5.66. The first-order chi connectivity index (χ1) is 8.27. The molecule has 1 heterocycles. The molecule has 0 saturated carbocycles. The molecule has 3 nitrogen and oxygen atoms in total. The standard InChI is InChI=1S/C13H13ClN2O/c14-12-3-1-2-11(13(12)17)9-16-8-10-4-6-15-7-5-10/h1-7,16-17H,8-9H2. The highest BCUT2D eigenvalue weighted by Crippen LogP contribution is 2.26. The minimum absolute atomic E-state index is 0.149. The Balaban J connectivity index is 1.93. The Labute approximate surface area is 105 Å². The molecule has 2 aromatic rings. The molecule has 0 aliphatic rings. The first-order valence-electron chi connectivity index (χ1n) is 5.33. The van der Waals surface area contributed by atoms with Crippen molar-refractivity contribution in [1.29, 1.82) is 0 Å². The van der Waals surface area contributed by atoms with Gasteiger partial charge in [0.2, 0.25) is 0 Å². The third-order valence-corrected chi connectivity index (χ3v) is 2.77. The lowest BCUT2D eigenvalue weighted by molar-refractivity contribution is 0.464. The van der Waals surface area contributed by atoms with Gasteiger partial charge in [0.15, 0.2) is 0 Å². The summed E-state index contributed by atoms with van der Waals surface area (Å²) in [4.78, 5) is 3.95. The molecule has 88 valence electrons. The number of hydrogen-bond donors (Lipinski definition) is 2. The van der Waals surface area contributed by atoms with Crippen molar-refractivity contribution in [2.75, 3.05) is 0 Å². The first kappa shape index (κ1) is 11.9. The van der Waals surface area contributed by atoms with Crippen LogP contribution in [-0.4, -0.2) is 10.1 Å². The highest BCUT2D eigenvalue weighted by atomic mass is 35.5. The van der Waals surface area contributed by atoms with Gasteiger partial charge in [0, 0.05) is 31.0 Å². The number of phenols is 1. The minimum atomic E-state index is 0.149. The van der Waals surface area contributed by atoms with E-state index in [1.54, 1.807) is 18.5 Å². The van der Waals surface area contributed by atoms with Gasteiger partial charge >= 0.3 is 0 Å². The van der Waals surface area contributed by atoms with E-state index in [4.69, 9.17) is 11.6 Å². The van der Waals surface area contributed by atoms with Crippen molar-refractivity contribution in [3.8, 4) is 5.75 Å². The third-order valence-electron chi connectivity index (χ3n) is 2.46. The fourth-order valence-corrected chi connectivity index (χ4v) is 1.74. The molecule has 0 aliphatic carbocycles. The summed E-state index contributed by atoms with van der Waals surface area (Å²) in [6, 6.07) is 9.24. The lowest BCUT2D eigenvalue weighted by Gasteiger charge is -2.07. The van der Waals surface area contributed by atoms with Crippen LogP contribution in [0.15, 0.2) is 42.7 Å². The van der Waals surface area contributed by atoms with Gasteiger partial charge in [-0.2, -0.15) is 0 Å². The summed E-state index contributed by atoms with van der Waals surface area (Å²) in [6.07, 6.45) is 3.52. The van der Waals surface area contributed by atoms with Gasteiger partial charge < -0.3 is 10.4 Å². The molecular weight excluding hydrogens is 236 g/mol. The molecule has 0 aliphatic heterocycles. The van der Waals surface area contributed by atoms with Gasteiger partial charge in [0.05, 0.1) is 5.02 Å². The summed E-state index contributed by atoms with van der Waals surface area (Å²) in [6.45, 7) is 1.31. The Morgan fingerprint density at radius 2 is 1.88 bits per heavy atom. The van der Waals surface area contributed by atoms with E-state index in [2.05, 4.69) is 10.3 Å². The number of aromatic hydroxyl groups is 1. The predicted molar refractivity (Wildman–Crippen MR) is 67.9 cm³/mol. The van der Waals surface area contributed by atoms with E-state index in [0.717, 1.165) is 17.7 Å². The smallest absolute Gasteiger partial charge is 0.138 e. The van der Waals surface area contributed by atoms with Crippen LogP contribution in [-0.2, 0) is 13.1 Å². The van der Waals surface area contributed by atoms with Crippen LogP contribution in [0.4, 0.5) is 0 Å². The quantitative estimate of drug-likeness (QED) is 0.875. The maximum atomic E-state index is 9.71. The van der Waals surface area contributed by atoms with Crippen molar-refractivity contribution in [3.05, 3.63) is 58.9 Å². The van der Waals surface area contributed by atoms with Crippen molar-refractivity contribution in [2.45, 2.75) is 13.1 Å². The summed E-state index contributed by atoms with van der Waals surface area (Å²) < 4.78 is 0. The van der Waals surface area contributed by atoms with Crippen molar-refractivity contribution in [3.63, 3.8) is 0 Å². The summed E-state index contributed by atoms with van der Waals surface area (Å²) in [7, 11) is 0. The van der Waals surface area contributed by atoms with Gasteiger partial charge in [0.25, 0.3) is 0 Å². The monoisotopic (exact) mass is 248 g/mol. The predicted octanol–water partition coefficient (Wildman–Crippen LogP) is 2.73. The molecular formula is C13H13ClN2O. The van der Waals surface area contributed by atoms with Crippen LogP contribution in [0.5, 0.6) is 5.75 Å². The number of nitrogens with one attached hydrogen (secondary N) is 1. The lowest BCUT2D eigenvalue weighted by atomic mass is 10.2. The van der Waals surface area contributed by atoms with Gasteiger partial charge in [-0.05, 0) is 23.8 Å². The Morgan fingerprint density at radius 3 is 2.65 bits per heavy atom. The van der Waals surface area contributed by atoms with E-state index in [-0.39, 0.29) is 5.75 Å². The number of halogens is 1. The van der Waals surface area contributed by atoms with Gasteiger partial charge in [-0.3, -0.25) is 4.98 Å². The number of hydrogen-bond acceptors (Lipinski definition) is 3. The molecule has 0 bridgehead atoms. The topological polar surface area (TPSA) is 45.1 Å². The summed E-state index contributed by atoms with van der Waals surface area (Å²) >= 11 is 5.82. The second-order valence-electron chi connectivity index (χ2n) is 3.71. The van der Waals surface area contributed by atoms with Crippen LogP contribution >= 0.6 is 11.6 Å².